The fourth-order valence-electron chi connectivity index (χ4n) is 2.95. The Bertz CT molecular complexity index is 1290. The minimum atomic E-state index is -0.832. The highest BCUT2D eigenvalue weighted by Gasteiger charge is 2.21. The van der Waals surface area contributed by atoms with Crippen molar-refractivity contribution in [1.82, 2.24) is 14.8 Å². The zero-order valence-corrected chi connectivity index (χ0v) is 18.2. The fourth-order valence-corrected chi connectivity index (χ4v) is 3.65. The summed E-state index contributed by atoms with van der Waals surface area (Å²) in [6, 6.07) is 19.2. The van der Waals surface area contributed by atoms with Crippen molar-refractivity contribution in [2.24, 2.45) is 0 Å². The number of amides is 1. The summed E-state index contributed by atoms with van der Waals surface area (Å²) < 4.78 is 11.3. The Labute approximate surface area is 192 Å². The Kier molecular flexibility index (Phi) is 6.56. The van der Waals surface area contributed by atoms with E-state index in [0.29, 0.717) is 11.5 Å². The van der Waals surface area contributed by atoms with Crippen molar-refractivity contribution < 1.29 is 23.9 Å². The third-order valence-corrected chi connectivity index (χ3v) is 5.30. The van der Waals surface area contributed by atoms with Crippen LogP contribution in [-0.2, 0) is 14.3 Å². The van der Waals surface area contributed by atoms with Gasteiger partial charge in [0.25, 0.3) is 11.7 Å². The quantitative estimate of drug-likeness (QED) is 0.418. The first-order valence-corrected chi connectivity index (χ1v) is 10.6. The molecular weight excluding hydrogens is 444 g/mol. The molecule has 0 bridgehead atoms. The summed E-state index contributed by atoms with van der Waals surface area (Å²) in [4.78, 5) is 41.6. The number of carbonyl (C=O) groups excluding carboxylic acids is 3. The van der Waals surface area contributed by atoms with Gasteiger partial charge in [0.05, 0.1) is 23.2 Å². The number of para-hydroxylation sites is 1. The molecule has 2 heterocycles. The van der Waals surface area contributed by atoms with Crippen LogP contribution in [0.25, 0.3) is 16.4 Å². The van der Waals surface area contributed by atoms with E-state index < -0.39 is 24.5 Å². The van der Waals surface area contributed by atoms with E-state index in [1.54, 1.807) is 22.9 Å². The number of ether oxygens (including phenoxy) is 2. The predicted molar refractivity (Wildman–Crippen MR) is 121 cm³/mol. The number of aromatic nitrogens is 3. The summed E-state index contributed by atoms with van der Waals surface area (Å²) in [5.74, 6) is -1.61. The molecule has 0 radical (unpaired) electrons. The third kappa shape index (κ3) is 5.13. The first-order chi connectivity index (χ1) is 16.0. The van der Waals surface area contributed by atoms with Gasteiger partial charge < -0.3 is 14.8 Å². The van der Waals surface area contributed by atoms with Crippen molar-refractivity contribution in [3.63, 3.8) is 0 Å². The molecule has 0 aliphatic carbocycles. The van der Waals surface area contributed by atoms with E-state index in [1.807, 2.05) is 47.8 Å². The molecule has 0 saturated heterocycles. The lowest BCUT2D eigenvalue weighted by molar-refractivity contribution is -0.119. The summed E-state index contributed by atoms with van der Waals surface area (Å²) in [6.45, 7) is -0.546. The molecule has 0 unspecified atom stereocenters. The van der Waals surface area contributed by atoms with Gasteiger partial charge in [0.1, 0.15) is 0 Å². The minimum absolute atomic E-state index is 0.164. The van der Waals surface area contributed by atoms with Gasteiger partial charge in [-0.2, -0.15) is 4.98 Å². The molecule has 2 aromatic carbocycles. The molecule has 0 aliphatic heterocycles. The number of rotatable bonds is 7. The summed E-state index contributed by atoms with van der Waals surface area (Å²) in [5, 5.41) is 8.76. The van der Waals surface area contributed by atoms with E-state index in [9.17, 15) is 14.4 Å². The van der Waals surface area contributed by atoms with Crippen LogP contribution < -0.4 is 5.32 Å². The topological polar surface area (TPSA) is 112 Å². The van der Waals surface area contributed by atoms with Gasteiger partial charge in [0.2, 0.25) is 0 Å². The molecule has 33 heavy (non-hydrogen) atoms. The Morgan fingerprint density at radius 1 is 1.00 bits per heavy atom. The zero-order valence-electron chi connectivity index (χ0n) is 17.4. The first-order valence-electron chi connectivity index (χ1n) is 9.77. The van der Waals surface area contributed by atoms with E-state index in [4.69, 9.17) is 4.74 Å². The Morgan fingerprint density at radius 2 is 1.82 bits per heavy atom. The van der Waals surface area contributed by atoms with Gasteiger partial charge in [0.15, 0.2) is 12.4 Å². The Hall–Kier alpha value is -4.31. The molecule has 1 amide bonds. The van der Waals surface area contributed by atoms with Crippen LogP contribution in [0.1, 0.15) is 21.0 Å². The number of benzene rings is 2. The maximum absolute atomic E-state index is 12.6. The monoisotopic (exact) mass is 462 g/mol. The van der Waals surface area contributed by atoms with Gasteiger partial charge in [-0.1, -0.05) is 30.3 Å². The molecule has 4 rings (SSSR count). The summed E-state index contributed by atoms with van der Waals surface area (Å²) in [5.41, 5.74) is 1.38. The maximum Gasteiger partial charge on any atom is 0.378 e. The molecule has 9 nitrogen and oxygen atoms in total. The highest BCUT2D eigenvalue weighted by atomic mass is 32.1. The van der Waals surface area contributed by atoms with E-state index in [-0.39, 0.29) is 11.4 Å². The van der Waals surface area contributed by atoms with Crippen LogP contribution in [-0.4, -0.2) is 46.3 Å². The van der Waals surface area contributed by atoms with E-state index in [0.717, 1.165) is 10.6 Å². The van der Waals surface area contributed by atoms with Gasteiger partial charge >= 0.3 is 11.9 Å². The average molecular weight is 462 g/mol. The van der Waals surface area contributed by atoms with Gasteiger partial charge in [-0.3, -0.25) is 4.79 Å². The molecule has 0 atom stereocenters. The van der Waals surface area contributed by atoms with Crippen molar-refractivity contribution in [2.75, 3.05) is 19.0 Å². The molecule has 0 saturated carbocycles. The number of esters is 2. The van der Waals surface area contributed by atoms with E-state index in [1.165, 1.54) is 24.5 Å². The van der Waals surface area contributed by atoms with E-state index >= 15 is 0 Å². The number of nitrogens with one attached hydrogen (secondary N) is 1. The largest absolute Gasteiger partial charge is 0.465 e. The standard InChI is InChI=1S/C23H18N4O5S/c1-31-22(29)15-7-5-8-16(13-15)24-19(28)14-32-23(30)20-25-21(18-11-6-12-33-18)27(26-20)17-9-3-2-4-10-17/h2-13H,14H2,1H3,(H,24,28). The van der Waals surface area contributed by atoms with Gasteiger partial charge in [0, 0.05) is 5.69 Å². The highest BCUT2D eigenvalue weighted by Crippen LogP contribution is 2.25. The van der Waals surface area contributed by atoms with E-state index in [2.05, 4.69) is 20.1 Å². The normalized spacial score (nSPS) is 10.5. The molecule has 10 heteroatoms. The zero-order chi connectivity index (χ0) is 23.2. The molecule has 166 valence electrons. The Morgan fingerprint density at radius 3 is 2.55 bits per heavy atom. The van der Waals surface area contributed by atoms with Crippen molar-refractivity contribution in [1.29, 1.82) is 0 Å². The average Bonchev–Trinajstić information content (AvgIpc) is 3.53. The molecule has 0 aliphatic rings. The number of hydrogen-bond donors (Lipinski definition) is 1. The lowest BCUT2D eigenvalue weighted by Gasteiger charge is -2.07. The SMILES string of the molecule is COC(=O)c1cccc(NC(=O)COC(=O)c2nc(-c3cccs3)n(-c3ccccc3)n2)c1. The van der Waals surface area contributed by atoms with Gasteiger partial charge in [-0.05, 0) is 41.8 Å². The number of anilines is 1. The Balaban J connectivity index is 1.46. The van der Waals surface area contributed by atoms with Crippen molar-refractivity contribution in [2.45, 2.75) is 0 Å². The van der Waals surface area contributed by atoms with Crippen LogP contribution in [0, 0.1) is 0 Å². The smallest absolute Gasteiger partial charge is 0.378 e. The number of thiophene rings is 1. The maximum atomic E-state index is 12.6. The number of methoxy groups -OCH3 is 1. The minimum Gasteiger partial charge on any atom is -0.465 e. The second kappa shape index (κ2) is 9.88. The predicted octanol–water partition coefficient (Wildman–Crippen LogP) is 3.58. The molecular formula is C23H18N4O5S. The molecule has 0 spiro atoms. The van der Waals surface area contributed by atoms with Gasteiger partial charge in [-0.15, -0.1) is 16.4 Å². The number of nitrogens with zero attached hydrogens (tertiary/aromatic N) is 3. The van der Waals surface area contributed by atoms with Crippen LogP contribution >= 0.6 is 11.3 Å². The molecule has 2 aromatic heterocycles. The highest BCUT2D eigenvalue weighted by molar-refractivity contribution is 7.13. The number of carbonyl (C=O) groups is 3. The lowest BCUT2D eigenvalue weighted by atomic mass is 10.2. The second-order valence-corrected chi connectivity index (χ2v) is 7.63. The third-order valence-electron chi connectivity index (χ3n) is 4.43. The molecule has 1 N–H and O–H groups in total. The van der Waals surface area contributed by atoms with Crippen molar-refractivity contribution in [3.8, 4) is 16.4 Å². The van der Waals surface area contributed by atoms with Crippen LogP contribution in [0.5, 0.6) is 0 Å². The van der Waals surface area contributed by atoms with Crippen molar-refractivity contribution in [3.05, 3.63) is 83.5 Å². The summed E-state index contributed by atoms with van der Waals surface area (Å²) >= 11 is 1.46. The van der Waals surface area contributed by atoms with Crippen LogP contribution in [0.15, 0.2) is 72.1 Å². The first kappa shape index (κ1) is 21.9. The number of hydrogen-bond acceptors (Lipinski definition) is 8. The van der Waals surface area contributed by atoms with Crippen LogP contribution in [0.2, 0.25) is 0 Å². The van der Waals surface area contributed by atoms with Crippen LogP contribution in [0.3, 0.4) is 0 Å². The summed E-state index contributed by atoms with van der Waals surface area (Å²) in [7, 11) is 1.27. The lowest BCUT2D eigenvalue weighted by Crippen LogP contribution is -2.21. The van der Waals surface area contributed by atoms with Crippen LogP contribution in [0.4, 0.5) is 5.69 Å². The van der Waals surface area contributed by atoms with Crippen molar-refractivity contribution >= 4 is 34.9 Å². The molecule has 0 fully saturated rings. The summed E-state index contributed by atoms with van der Waals surface area (Å²) in [6.07, 6.45) is 0. The van der Waals surface area contributed by atoms with Gasteiger partial charge in [-0.25, -0.2) is 14.3 Å². The second-order valence-electron chi connectivity index (χ2n) is 6.68. The molecule has 4 aromatic rings. The fraction of sp³-hybridized carbons (Fsp3) is 0.0870.